The molecule has 4 N–H and O–H groups in total. The molecule has 2 rings (SSSR count). The smallest absolute Gasteiger partial charge is 0.404 e. The summed E-state index contributed by atoms with van der Waals surface area (Å²) in [5.74, 6) is -0.838. The number of guanidine groups is 1. The molecule has 0 saturated carbocycles. The zero-order valence-corrected chi connectivity index (χ0v) is 18.2. The van der Waals surface area contributed by atoms with Gasteiger partial charge in [-0.15, -0.1) is 37.1 Å². The lowest BCUT2D eigenvalue weighted by molar-refractivity contribution is -0.274. The molecule has 1 amide bonds. The first kappa shape index (κ1) is 24.0. The fourth-order valence-corrected chi connectivity index (χ4v) is 2.26. The number of carbonyl (C=O) groups is 1. The van der Waals surface area contributed by atoms with Crippen molar-refractivity contribution in [3.8, 4) is 5.75 Å². The van der Waals surface area contributed by atoms with Gasteiger partial charge in [-0.05, 0) is 36.4 Å². The van der Waals surface area contributed by atoms with Gasteiger partial charge in [-0.1, -0.05) is 28.1 Å². The Kier molecular flexibility index (Phi) is 9.52. The molecule has 0 aliphatic rings. The number of anilines is 2. The second-order valence-electron chi connectivity index (χ2n) is 5.24. The number of alkyl halides is 3. The molecule has 0 bridgehead atoms. The van der Waals surface area contributed by atoms with Crippen molar-refractivity contribution in [2.45, 2.75) is 12.8 Å². The van der Waals surface area contributed by atoms with Crippen LogP contribution in [0.4, 0.5) is 24.5 Å². The molecule has 6 nitrogen and oxygen atoms in total. The molecular formula is C17H17BrF3IN4O2. The number of rotatable bonds is 6. The minimum absolute atomic E-state index is 0. The predicted octanol–water partition coefficient (Wildman–Crippen LogP) is 4.72. The van der Waals surface area contributed by atoms with E-state index in [-0.39, 0.29) is 54.5 Å². The van der Waals surface area contributed by atoms with Crippen LogP contribution < -0.4 is 21.1 Å². The topological polar surface area (TPSA) is 88.7 Å². The molecule has 0 unspecified atom stereocenters. The van der Waals surface area contributed by atoms with Gasteiger partial charge in [-0.25, -0.2) is 0 Å². The number of nitrogens with one attached hydrogen (secondary N) is 2. The summed E-state index contributed by atoms with van der Waals surface area (Å²) in [6, 6.07) is 12.5. The summed E-state index contributed by atoms with van der Waals surface area (Å²) < 4.78 is 42.0. The van der Waals surface area contributed by atoms with Crippen LogP contribution in [0, 0.1) is 0 Å². The second-order valence-corrected chi connectivity index (χ2v) is 6.16. The van der Waals surface area contributed by atoms with E-state index in [1.54, 1.807) is 24.3 Å². The van der Waals surface area contributed by atoms with Gasteiger partial charge in [-0.3, -0.25) is 9.79 Å². The number of halogens is 5. The summed E-state index contributed by atoms with van der Waals surface area (Å²) in [7, 11) is 0. The lowest BCUT2D eigenvalue weighted by atomic mass is 10.3. The van der Waals surface area contributed by atoms with Gasteiger partial charge in [0.1, 0.15) is 0 Å². The molecule has 0 aromatic heterocycles. The van der Waals surface area contributed by atoms with E-state index < -0.39 is 12.1 Å². The summed E-state index contributed by atoms with van der Waals surface area (Å²) in [5.41, 5.74) is 6.30. The summed E-state index contributed by atoms with van der Waals surface area (Å²) in [6.07, 6.45) is -4.77. The van der Waals surface area contributed by atoms with Crippen LogP contribution in [0.3, 0.4) is 0 Å². The molecule has 0 spiro atoms. The van der Waals surface area contributed by atoms with E-state index in [1.807, 2.05) is 0 Å². The van der Waals surface area contributed by atoms with Gasteiger partial charge in [0, 0.05) is 16.6 Å². The molecule has 0 radical (unpaired) electrons. The highest BCUT2D eigenvalue weighted by molar-refractivity contribution is 14.0. The highest BCUT2D eigenvalue weighted by Crippen LogP contribution is 2.29. The highest BCUT2D eigenvalue weighted by atomic mass is 127. The third kappa shape index (κ3) is 8.78. The zero-order valence-electron chi connectivity index (χ0n) is 14.3. The number of amides is 1. The first-order valence-electron chi connectivity index (χ1n) is 7.70. The maximum absolute atomic E-state index is 12.4. The monoisotopic (exact) mass is 572 g/mol. The number of nitrogens with zero attached hydrogens (tertiary/aromatic N) is 1. The summed E-state index contributed by atoms with van der Waals surface area (Å²) in [6.45, 7) is 0.0590. The molecule has 0 fully saturated rings. The molecule has 152 valence electrons. The number of hydrogen-bond acceptors (Lipinski definition) is 3. The Morgan fingerprint density at radius 3 is 2.39 bits per heavy atom. The van der Waals surface area contributed by atoms with Crippen molar-refractivity contribution in [3.05, 3.63) is 53.0 Å². The lowest BCUT2D eigenvalue weighted by Gasteiger charge is -2.14. The van der Waals surface area contributed by atoms with E-state index in [0.717, 1.165) is 10.5 Å². The molecule has 0 aliphatic carbocycles. The number of nitrogens with two attached hydrogens (primary N) is 1. The van der Waals surface area contributed by atoms with Crippen molar-refractivity contribution >= 4 is 63.1 Å². The van der Waals surface area contributed by atoms with Crippen LogP contribution in [0.1, 0.15) is 6.42 Å². The molecule has 0 aliphatic heterocycles. The van der Waals surface area contributed by atoms with Gasteiger partial charge in [0.2, 0.25) is 5.91 Å². The van der Waals surface area contributed by atoms with Crippen LogP contribution >= 0.6 is 39.9 Å². The minimum Gasteiger partial charge on any atom is -0.404 e. The van der Waals surface area contributed by atoms with Gasteiger partial charge < -0.3 is 21.1 Å². The van der Waals surface area contributed by atoms with Crippen LogP contribution in [-0.2, 0) is 4.79 Å². The minimum atomic E-state index is -4.82. The average Bonchev–Trinajstić information content (AvgIpc) is 2.57. The van der Waals surface area contributed by atoms with Crippen molar-refractivity contribution in [2.75, 3.05) is 17.2 Å². The van der Waals surface area contributed by atoms with E-state index in [9.17, 15) is 18.0 Å². The maximum atomic E-state index is 12.4. The number of benzene rings is 2. The van der Waals surface area contributed by atoms with Crippen LogP contribution in [-0.4, -0.2) is 24.8 Å². The molecule has 28 heavy (non-hydrogen) atoms. The molecular weight excluding hydrogens is 556 g/mol. The zero-order chi connectivity index (χ0) is 19.9. The average molecular weight is 573 g/mol. The molecule has 0 saturated heterocycles. The Bertz CT molecular complexity index is 817. The fraction of sp³-hybridized carbons (Fsp3) is 0.176. The predicted molar refractivity (Wildman–Crippen MR) is 116 cm³/mol. The largest absolute Gasteiger partial charge is 0.573 e. The Hall–Kier alpha value is -2.02. The number of carbonyl (C=O) groups excluding carboxylic acids is 1. The van der Waals surface area contributed by atoms with E-state index in [0.29, 0.717) is 5.69 Å². The number of hydrogen-bond donors (Lipinski definition) is 3. The Morgan fingerprint density at radius 1 is 1.11 bits per heavy atom. The van der Waals surface area contributed by atoms with Crippen LogP contribution in [0.5, 0.6) is 5.75 Å². The van der Waals surface area contributed by atoms with Gasteiger partial charge in [-0.2, -0.15) is 0 Å². The molecule has 11 heteroatoms. The van der Waals surface area contributed by atoms with Crippen LogP contribution in [0.25, 0.3) is 0 Å². The van der Waals surface area contributed by atoms with Crippen LogP contribution in [0.2, 0.25) is 0 Å². The lowest BCUT2D eigenvalue weighted by Crippen LogP contribution is -2.25. The first-order valence-corrected chi connectivity index (χ1v) is 8.49. The fourth-order valence-electron chi connectivity index (χ4n) is 2.00. The van der Waals surface area contributed by atoms with Crippen molar-refractivity contribution in [1.29, 1.82) is 0 Å². The van der Waals surface area contributed by atoms with Gasteiger partial charge >= 0.3 is 6.36 Å². The van der Waals surface area contributed by atoms with Gasteiger partial charge in [0.25, 0.3) is 0 Å². The SMILES string of the molecule is I.NC(=NCCC(=O)Nc1ccc(Br)cc1)Nc1ccccc1OC(F)(F)F. The molecule has 2 aromatic rings. The van der Waals surface area contributed by atoms with Gasteiger partial charge in [0.05, 0.1) is 12.2 Å². The van der Waals surface area contributed by atoms with E-state index in [4.69, 9.17) is 5.73 Å². The quantitative estimate of drug-likeness (QED) is 0.265. The van der Waals surface area contributed by atoms with E-state index in [1.165, 1.54) is 18.2 Å². The number of aliphatic imine (C=N–C) groups is 1. The van der Waals surface area contributed by atoms with Gasteiger partial charge in [0.15, 0.2) is 11.7 Å². The number of para-hydroxylation sites is 2. The second kappa shape index (κ2) is 11.1. The summed E-state index contributed by atoms with van der Waals surface area (Å²) >= 11 is 3.30. The third-order valence-corrected chi connectivity index (χ3v) is 3.65. The molecule has 0 atom stereocenters. The summed E-state index contributed by atoms with van der Waals surface area (Å²) in [4.78, 5) is 15.8. The molecule has 2 aromatic carbocycles. The Labute approximate surface area is 184 Å². The maximum Gasteiger partial charge on any atom is 0.573 e. The molecule has 0 heterocycles. The summed E-state index contributed by atoms with van der Waals surface area (Å²) in [5, 5.41) is 5.22. The van der Waals surface area contributed by atoms with E-state index >= 15 is 0 Å². The Balaban J connectivity index is 0.00000392. The van der Waals surface area contributed by atoms with Crippen molar-refractivity contribution in [2.24, 2.45) is 10.7 Å². The highest BCUT2D eigenvalue weighted by Gasteiger charge is 2.32. The third-order valence-electron chi connectivity index (χ3n) is 3.12. The van der Waals surface area contributed by atoms with E-state index in [2.05, 4.69) is 36.3 Å². The standard InChI is InChI=1S/C17H16BrF3N4O2.HI/c18-11-5-7-12(8-6-11)24-15(26)9-10-23-16(22)25-13-3-1-2-4-14(13)27-17(19,20)21;/h1-8H,9-10H2,(H,24,26)(H3,22,23,25);1H. The Morgan fingerprint density at radius 2 is 1.75 bits per heavy atom. The number of ether oxygens (including phenoxy) is 1. The normalized spacial score (nSPS) is 11.4. The first-order chi connectivity index (χ1) is 12.7. The van der Waals surface area contributed by atoms with Crippen LogP contribution in [0.15, 0.2) is 58.0 Å². The van der Waals surface area contributed by atoms with Crippen molar-refractivity contribution in [3.63, 3.8) is 0 Å². The van der Waals surface area contributed by atoms with Crippen molar-refractivity contribution in [1.82, 2.24) is 0 Å². The van der Waals surface area contributed by atoms with Crippen molar-refractivity contribution < 1.29 is 22.7 Å².